The van der Waals surface area contributed by atoms with Gasteiger partial charge in [0.15, 0.2) is 0 Å². The lowest BCUT2D eigenvalue weighted by Gasteiger charge is -2.56. The largest absolute Gasteiger partial charge is 0.469 e. The van der Waals surface area contributed by atoms with E-state index in [1.165, 1.54) is 7.11 Å². The summed E-state index contributed by atoms with van der Waals surface area (Å²) in [6.45, 7) is 0. The van der Waals surface area contributed by atoms with Crippen LogP contribution in [-0.4, -0.2) is 26.3 Å². The minimum Gasteiger partial charge on any atom is -0.469 e. The summed E-state index contributed by atoms with van der Waals surface area (Å²) >= 11 is 0. The van der Waals surface area contributed by atoms with Gasteiger partial charge in [-0.1, -0.05) is 0 Å². The Bertz CT molecular complexity index is 210. The normalized spacial score (nSPS) is 42.3. The highest BCUT2D eigenvalue weighted by molar-refractivity contribution is 5.73. The molecule has 1 spiro atoms. The molecular weight excluding hydrogens is 168 g/mol. The maximum absolute atomic E-state index is 11.1. The highest BCUT2D eigenvalue weighted by Crippen LogP contribution is 2.59. The third kappa shape index (κ3) is 1.35. The molecule has 0 saturated heterocycles. The molecule has 0 aliphatic heterocycles. The smallest absolute Gasteiger partial charge is 0.308 e. The number of hydrogen-bond acceptors (Lipinski definition) is 3. The third-order valence-corrected chi connectivity index (χ3v) is 3.55. The third-order valence-electron chi connectivity index (χ3n) is 3.55. The molecule has 0 aromatic rings. The van der Waals surface area contributed by atoms with Crippen LogP contribution in [0.2, 0.25) is 0 Å². The highest BCUT2D eigenvalue weighted by atomic mass is 16.5. The molecule has 74 valence electrons. The number of hydrogen-bond donors (Lipinski definition) is 0. The quantitative estimate of drug-likeness (QED) is 0.608. The Morgan fingerprint density at radius 2 is 1.85 bits per heavy atom. The lowest BCUT2D eigenvalue weighted by atomic mass is 9.50. The molecule has 0 amide bonds. The zero-order chi connectivity index (χ0) is 9.47. The Morgan fingerprint density at radius 1 is 1.23 bits per heavy atom. The van der Waals surface area contributed by atoms with Gasteiger partial charge in [-0.3, -0.25) is 4.79 Å². The van der Waals surface area contributed by atoms with E-state index >= 15 is 0 Å². The van der Waals surface area contributed by atoms with Gasteiger partial charge < -0.3 is 9.47 Å². The van der Waals surface area contributed by atoms with E-state index in [0.29, 0.717) is 11.5 Å². The molecule has 0 aromatic carbocycles. The van der Waals surface area contributed by atoms with Gasteiger partial charge in [-0.2, -0.15) is 0 Å². The van der Waals surface area contributed by atoms with Crippen LogP contribution in [-0.2, 0) is 14.3 Å². The van der Waals surface area contributed by atoms with Crippen LogP contribution < -0.4 is 0 Å². The lowest BCUT2D eigenvalue weighted by molar-refractivity contribution is -0.169. The molecule has 2 rings (SSSR count). The van der Waals surface area contributed by atoms with Crippen molar-refractivity contribution in [1.29, 1.82) is 0 Å². The Morgan fingerprint density at radius 3 is 2.31 bits per heavy atom. The monoisotopic (exact) mass is 184 g/mol. The molecule has 3 heteroatoms. The number of esters is 1. The minimum absolute atomic E-state index is 0.0357. The fourth-order valence-electron chi connectivity index (χ4n) is 2.73. The molecule has 0 bridgehead atoms. The number of ether oxygens (including phenoxy) is 2. The first-order chi connectivity index (χ1) is 6.19. The van der Waals surface area contributed by atoms with Crippen LogP contribution in [0.1, 0.15) is 25.7 Å². The first kappa shape index (κ1) is 9.00. The standard InChI is InChI=1S/C10H16O3/c1-12-8-5-10(6-8)3-7(4-10)9(11)13-2/h7-8H,3-6H2,1-2H3. The molecular formula is C10H16O3. The van der Waals surface area contributed by atoms with Crippen LogP contribution in [0.25, 0.3) is 0 Å². The number of rotatable bonds is 2. The van der Waals surface area contributed by atoms with E-state index in [9.17, 15) is 4.79 Å². The van der Waals surface area contributed by atoms with Gasteiger partial charge in [-0.05, 0) is 31.1 Å². The van der Waals surface area contributed by atoms with Crippen molar-refractivity contribution in [2.45, 2.75) is 31.8 Å². The Labute approximate surface area is 78.4 Å². The summed E-state index contributed by atoms with van der Waals surface area (Å²) in [5.74, 6) is 0.134. The van der Waals surface area contributed by atoms with Gasteiger partial charge in [0, 0.05) is 7.11 Å². The van der Waals surface area contributed by atoms with Crippen molar-refractivity contribution in [3.8, 4) is 0 Å². The Hall–Kier alpha value is -0.570. The Kier molecular flexibility index (Phi) is 2.06. The maximum Gasteiger partial charge on any atom is 0.308 e. The van der Waals surface area contributed by atoms with Gasteiger partial charge in [0.2, 0.25) is 0 Å². The average Bonchev–Trinajstić information content (AvgIpc) is 1.99. The van der Waals surface area contributed by atoms with Gasteiger partial charge in [-0.15, -0.1) is 0 Å². The first-order valence-electron chi connectivity index (χ1n) is 4.80. The lowest BCUT2D eigenvalue weighted by Crippen LogP contribution is -2.52. The average molecular weight is 184 g/mol. The van der Waals surface area contributed by atoms with E-state index in [4.69, 9.17) is 9.47 Å². The summed E-state index contributed by atoms with van der Waals surface area (Å²) < 4.78 is 9.92. The summed E-state index contributed by atoms with van der Waals surface area (Å²) in [4.78, 5) is 11.1. The second kappa shape index (κ2) is 2.98. The fourth-order valence-corrected chi connectivity index (χ4v) is 2.73. The molecule has 0 radical (unpaired) electrons. The van der Waals surface area contributed by atoms with Gasteiger partial charge in [0.25, 0.3) is 0 Å². The first-order valence-corrected chi connectivity index (χ1v) is 4.80. The molecule has 0 aromatic heterocycles. The summed E-state index contributed by atoms with van der Waals surface area (Å²) in [7, 11) is 3.22. The number of methoxy groups -OCH3 is 2. The van der Waals surface area contributed by atoms with Crippen molar-refractivity contribution >= 4 is 5.97 Å². The predicted molar refractivity (Wildman–Crippen MR) is 47.2 cm³/mol. The van der Waals surface area contributed by atoms with Crippen LogP contribution in [0.5, 0.6) is 0 Å². The zero-order valence-corrected chi connectivity index (χ0v) is 8.21. The van der Waals surface area contributed by atoms with E-state index in [1.54, 1.807) is 7.11 Å². The van der Waals surface area contributed by atoms with Crippen LogP contribution in [0.15, 0.2) is 0 Å². The molecule has 13 heavy (non-hydrogen) atoms. The molecule has 2 aliphatic carbocycles. The van der Waals surface area contributed by atoms with Crippen molar-refractivity contribution in [3.63, 3.8) is 0 Å². The van der Waals surface area contributed by atoms with Crippen molar-refractivity contribution in [2.75, 3.05) is 14.2 Å². The molecule has 2 fully saturated rings. The fraction of sp³-hybridized carbons (Fsp3) is 0.900. The van der Waals surface area contributed by atoms with Crippen LogP contribution in [0.3, 0.4) is 0 Å². The summed E-state index contributed by atoms with van der Waals surface area (Å²) in [6.07, 6.45) is 4.74. The van der Waals surface area contributed by atoms with Crippen molar-refractivity contribution in [1.82, 2.24) is 0 Å². The molecule has 3 nitrogen and oxygen atoms in total. The summed E-state index contributed by atoms with van der Waals surface area (Å²) in [6, 6.07) is 0. The molecule has 0 unspecified atom stereocenters. The van der Waals surface area contributed by atoms with Gasteiger partial charge >= 0.3 is 5.97 Å². The predicted octanol–water partition coefficient (Wildman–Crippen LogP) is 1.36. The molecule has 2 saturated carbocycles. The van der Waals surface area contributed by atoms with Crippen LogP contribution >= 0.6 is 0 Å². The molecule has 0 N–H and O–H groups in total. The van der Waals surface area contributed by atoms with Gasteiger partial charge in [-0.25, -0.2) is 0 Å². The number of carbonyl (C=O) groups is 1. The van der Waals surface area contributed by atoms with E-state index in [-0.39, 0.29) is 11.9 Å². The topological polar surface area (TPSA) is 35.5 Å². The van der Waals surface area contributed by atoms with Crippen molar-refractivity contribution in [3.05, 3.63) is 0 Å². The SMILES string of the molecule is COC(=O)C1CC2(CC(OC)C2)C1. The van der Waals surface area contributed by atoms with Crippen LogP contribution in [0, 0.1) is 11.3 Å². The molecule has 0 heterocycles. The Balaban J connectivity index is 1.76. The summed E-state index contributed by atoms with van der Waals surface area (Å²) in [5, 5.41) is 0. The van der Waals surface area contributed by atoms with Gasteiger partial charge in [0.05, 0.1) is 19.1 Å². The van der Waals surface area contributed by atoms with Crippen LogP contribution in [0.4, 0.5) is 0 Å². The highest BCUT2D eigenvalue weighted by Gasteiger charge is 2.55. The molecule has 0 atom stereocenters. The van der Waals surface area contributed by atoms with E-state index in [2.05, 4.69) is 0 Å². The number of carbonyl (C=O) groups excluding carboxylic acids is 1. The van der Waals surface area contributed by atoms with E-state index < -0.39 is 0 Å². The van der Waals surface area contributed by atoms with Crippen molar-refractivity contribution < 1.29 is 14.3 Å². The summed E-state index contributed by atoms with van der Waals surface area (Å²) in [5.41, 5.74) is 0.444. The maximum atomic E-state index is 11.1. The minimum atomic E-state index is -0.0357. The second-order valence-corrected chi connectivity index (χ2v) is 4.39. The van der Waals surface area contributed by atoms with Crippen molar-refractivity contribution in [2.24, 2.45) is 11.3 Å². The molecule has 2 aliphatic rings. The van der Waals surface area contributed by atoms with E-state index in [1.807, 2.05) is 0 Å². The van der Waals surface area contributed by atoms with Gasteiger partial charge in [0.1, 0.15) is 0 Å². The second-order valence-electron chi connectivity index (χ2n) is 4.39. The zero-order valence-electron chi connectivity index (χ0n) is 8.21. The van der Waals surface area contributed by atoms with E-state index in [0.717, 1.165) is 25.7 Å².